The number of nitrogens with zero attached hydrogens (tertiary/aromatic N) is 2. The summed E-state index contributed by atoms with van der Waals surface area (Å²) in [6.07, 6.45) is 0. The molecule has 0 bridgehead atoms. The molecule has 166 valence electrons. The Hall–Kier alpha value is -2.38. The summed E-state index contributed by atoms with van der Waals surface area (Å²) in [5, 5.41) is 5.26. The molecule has 0 radical (unpaired) electrons. The second-order valence-corrected chi connectivity index (χ2v) is 14.2. The highest BCUT2D eigenvalue weighted by Gasteiger charge is 2.41. The molecule has 1 heterocycles. The van der Waals surface area contributed by atoms with Gasteiger partial charge in [0, 0.05) is 16.1 Å². The van der Waals surface area contributed by atoms with Gasteiger partial charge < -0.3 is 0 Å². The molecule has 0 saturated heterocycles. The van der Waals surface area contributed by atoms with Crippen molar-refractivity contribution in [1.29, 1.82) is 0 Å². The van der Waals surface area contributed by atoms with Crippen LogP contribution in [0.15, 0.2) is 129 Å². The average molecular weight is 651 g/mol. The molecule has 0 unspecified atom stereocenters. The van der Waals surface area contributed by atoms with Gasteiger partial charge in [-0.05, 0) is 64.7 Å². The first-order valence-corrected chi connectivity index (χ1v) is 15.1. The van der Waals surface area contributed by atoms with Crippen LogP contribution in [0, 0.1) is 0 Å². The molecule has 34 heavy (non-hydrogen) atoms. The number of hydrogen-bond acceptors (Lipinski definition) is 2. The molecule has 5 aromatic rings. The van der Waals surface area contributed by atoms with Crippen molar-refractivity contribution in [3.8, 4) is 11.4 Å². The van der Waals surface area contributed by atoms with Crippen LogP contribution in [0.5, 0.6) is 0 Å². The van der Waals surface area contributed by atoms with E-state index in [-0.39, 0.29) is 0 Å². The Morgan fingerprint density at radius 2 is 0.912 bits per heavy atom. The highest BCUT2D eigenvalue weighted by Crippen LogP contribution is 2.28. The Bertz CT molecular complexity index is 1310. The lowest BCUT2D eigenvalue weighted by Crippen LogP contribution is -2.74. The molecule has 0 spiro atoms. The van der Waals surface area contributed by atoms with Crippen LogP contribution in [0.2, 0.25) is 0 Å². The van der Waals surface area contributed by atoms with Crippen LogP contribution < -0.4 is 20.7 Å². The van der Waals surface area contributed by atoms with E-state index in [1.54, 1.807) is 0 Å². The van der Waals surface area contributed by atoms with Gasteiger partial charge in [-0.1, -0.05) is 113 Å². The van der Waals surface area contributed by atoms with E-state index in [0.29, 0.717) is 5.82 Å². The molecule has 0 N–H and O–H groups in total. The highest BCUT2D eigenvalue weighted by atomic mass is 79.9. The number of hydrogen-bond donors (Lipinski definition) is 0. The summed E-state index contributed by atoms with van der Waals surface area (Å²) in [7, 11) is -2.61. The molecule has 0 aliphatic rings. The maximum absolute atomic E-state index is 4.67. The van der Waals surface area contributed by atoms with E-state index in [2.05, 4.69) is 167 Å². The Balaban J connectivity index is 1.87. The normalized spacial score (nSPS) is 11.4. The van der Waals surface area contributed by atoms with Crippen molar-refractivity contribution in [2.24, 2.45) is 0 Å². The van der Waals surface area contributed by atoms with E-state index in [0.717, 1.165) is 19.2 Å². The van der Waals surface area contributed by atoms with Crippen LogP contribution >= 0.6 is 47.8 Å². The fraction of sp³-hybridized carbons (Fsp3) is 0. The molecule has 4 aromatic carbocycles. The van der Waals surface area contributed by atoms with Gasteiger partial charge in [-0.3, -0.25) is 0 Å². The van der Waals surface area contributed by atoms with Crippen molar-refractivity contribution < 1.29 is 0 Å². The summed E-state index contributed by atoms with van der Waals surface area (Å²) in [4.78, 5) is 9.33. The first-order valence-electron chi connectivity index (χ1n) is 10.8. The van der Waals surface area contributed by atoms with Gasteiger partial charge in [0.2, 0.25) is 0 Å². The number of rotatable bonds is 5. The smallest absolute Gasteiger partial charge is 0.179 e. The monoisotopic (exact) mass is 648 g/mol. The molecular weight excluding hydrogens is 632 g/mol. The Morgan fingerprint density at radius 3 is 1.35 bits per heavy atom. The third-order valence-corrected chi connectivity index (χ3v) is 12.2. The van der Waals surface area contributed by atoms with Gasteiger partial charge in [0.1, 0.15) is 9.21 Å². The van der Waals surface area contributed by atoms with Gasteiger partial charge in [-0.15, -0.1) is 0 Å². The summed E-state index contributed by atoms with van der Waals surface area (Å²) in [6, 6.07) is 41.1. The number of benzene rings is 4. The number of halogens is 3. The molecule has 2 nitrogen and oxygen atoms in total. The van der Waals surface area contributed by atoms with Crippen molar-refractivity contribution in [2.75, 3.05) is 0 Å². The lowest BCUT2D eigenvalue weighted by Gasteiger charge is -2.34. The lowest BCUT2D eigenvalue weighted by atomic mass is 10.2. The zero-order valence-electron chi connectivity index (χ0n) is 18.0. The minimum absolute atomic E-state index is 0.659. The van der Waals surface area contributed by atoms with E-state index in [1.165, 1.54) is 20.7 Å². The first kappa shape index (κ1) is 23.4. The minimum Gasteiger partial charge on any atom is -0.221 e. The van der Waals surface area contributed by atoms with E-state index < -0.39 is 8.07 Å². The second-order valence-electron chi connectivity index (χ2n) is 7.88. The Kier molecular flexibility index (Phi) is 6.93. The summed E-state index contributed by atoms with van der Waals surface area (Å²) >= 11 is 10.8. The van der Waals surface area contributed by atoms with E-state index in [1.807, 2.05) is 6.07 Å². The molecule has 5 rings (SSSR count). The summed E-state index contributed by atoms with van der Waals surface area (Å²) < 4.78 is 2.43. The van der Waals surface area contributed by atoms with Crippen LogP contribution in [0.25, 0.3) is 11.4 Å². The van der Waals surface area contributed by atoms with Crippen LogP contribution in [0.3, 0.4) is 0 Å². The van der Waals surface area contributed by atoms with Crippen LogP contribution in [0.4, 0.5) is 0 Å². The molecular formula is C28H19Br3N2Si. The zero-order chi connectivity index (χ0) is 23.5. The van der Waals surface area contributed by atoms with Crippen molar-refractivity contribution in [2.45, 2.75) is 0 Å². The topological polar surface area (TPSA) is 25.8 Å². The fourth-order valence-electron chi connectivity index (χ4n) is 4.50. The molecule has 0 amide bonds. The molecule has 0 atom stereocenters. The highest BCUT2D eigenvalue weighted by molar-refractivity contribution is 9.11. The molecule has 0 saturated carbocycles. The summed E-state index contributed by atoms with van der Waals surface area (Å²) in [5.41, 5.74) is 0.958. The van der Waals surface area contributed by atoms with Gasteiger partial charge in [0.05, 0.1) is 0 Å². The summed E-state index contributed by atoms with van der Waals surface area (Å²) in [6.45, 7) is 0. The van der Waals surface area contributed by atoms with Crippen LogP contribution in [0.1, 0.15) is 0 Å². The summed E-state index contributed by atoms with van der Waals surface area (Å²) in [5.74, 6) is 0.659. The average Bonchev–Trinajstić information content (AvgIpc) is 2.87. The molecule has 0 aliphatic carbocycles. The van der Waals surface area contributed by atoms with Crippen LogP contribution in [-0.2, 0) is 0 Å². The van der Waals surface area contributed by atoms with Gasteiger partial charge in [0.15, 0.2) is 13.9 Å². The predicted octanol–water partition coefficient (Wildman–Crippen LogP) is 5.81. The maximum Gasteiger partial charge on any atom is 0.179 e. The molecule has 0 aliphatic heterocycles. The third kappa shape index (κ3) is 4.36. The van der Waals surface area contributed by atoms with Crippen LogP contribution in [-0.4, -0.2) is 18.0 Å². The number of aromatic nitrogens is 2. The first-order chi connectivity index (χ1) is 16.6. The van der Waals surface area contributed by atoms with E-state index in [4.69, 9.17) is 0 Å². The SMILES string of the molecule is Brc1cc(Br)nc(-c2cc([Si](c3ccccc3)(c3ccccc3)c3ccccc3)ccc2Br)n1. The maximum atomic E-state index is 4.67. The van der Waals surface area contributed by atoms with Crippen molar-refractivity contribution in [3.63, 3.8) is 0 Å². The Labute approximate surface area is 225 Å². The Morgan fingerprint density at radius 1 is 0.471 bits per heavy atom. The van der Waals surface area contributed by atoms with E-state index in [9.17, 15) is 0 Å². The van der Waals surface area contributed by atoms with Crippen molar-refractivity contribution in [1.82, 2.24) is 9.97 Å². The molecule has 1 aromatic heterocycles. The zero-order valence-corrected chi connectivity index (χ0v) is 23.8. The third-order valence-electron chi connectivity index (χ3n) is 5.92. The standard InChI is InChI=1S/C28H19Br3N2Si/c29-25-17-16-23(18-24(25)28-32-26(30)19-27(31)33-28)34(20-10-4-1-5-11-20,21-12-6-2-7-13-21)22-14-8-3-9-15-22/h1-19H. The quantitative estimate of drug-likeness (QED) is 0.136. The fourth-order valence-corrected chi connectivity index (χ4v) is 10.8. The lowest BCUT2D eigenvalue weighted by molar-refractivity contribution is 1.12. The van der Waals surface area contributed by atoms with Gasteiger partial charge in [-0.25, -0.2) is 9.97 Å². The minimum atomic E-state index is -2.61. The van der Waals surface area contributed by atoms with Gasteiger partial charge in [0.25, 0.3) is 0 Å². The van der Waals surface area contributed by atoms with Gasteiger partial charge in [-0.2, -0.15) is 0 Å². The molecule has 6 heteroatoms. The largest absolute Gasteiger partial charge is 0.221 e. The molecule has 0 fully saturated rings. The van der Waals surface area contributed by atoms with Gasteiger partial charge >= 0.3 is 0 Å². The van der Waals surface area contributed by atoms with Crippen molar-refractivity contribution in [3.05, 3.63) is 129 Å². The van der Waals surface area contributed by atoms with E-state index >= 15 is 0 Å². The predicted molar refractivity (Wildman–Crippen MR) is 154 cm³/mol. The van der Waals surface area contributed by atoms with Crippen molar-refractivity contribution >= 4 is 76.6 Å². The second kappa shape index (κ2) is 10.1.